The molecule has 0 spiro atoms. The van der Waals surface area contributed by atoms with E-state index < -0.39 is 0 Å². The lowest BCUT2D eigenvalue weighted by atomic mass is 10.1. The van der Waals surface area contributed by atoms with Crippen LogP contribution in [0, 0.1) is 0 Å². The molecule has 0 radical (unpaired) electrons. The van der Waals surface area contributed by atoms with E-state index in [1.807, 2.05) is 44.2 Å². The average Bonchev–Trinajstić information content (AvgIpc) is 2.76. The summed E-state index contributed by atoms with van der Waals surface area (Å²) >= 11 is 0. The summed E-state index contributed by atoms with van der Waals surface area (Å²) in [5.74, 6) is 1.69. The van der Waals surface area contributed by atoms with Crippen molar-refractivity contribution in [1.29, 1.82) is 0 Å². The highest BCUT2D eigenvalue weighted by Gasteiger charge is 2.20. The van der Waals surface area contributed by atoms with E-state index in [4.69, 9.17) is 9.97 Å². The van der Waals surface area contributed by atoms with Crippen molar-refractivity contribution in [3.05, 3.63) is 72.5 Å². The van der Waals surface area contributed by atoms with Gasteiger partial charge in [-0.1, -0.05) is 74.6 Å². The Morgan fingerprint density at radius 1 is 0.931 bits per heavy atom. The summed E-state index contributed by atoms with van der Waals surface area (Å²) in [5, 5.41) is 9.84. The highest BCUT2D eigenvalue weighted by molar-refractivity contribution is 5.75. The fourth-order valence-electron chi connectivity index (χ4n) is 3.47. The largest absolute Gasteiger partial charge is 0.393 e. The van der Waals surface area contributed by atoms with E-state index in [0.717, 1.165) is 67.2 Å². The van der Waals surface area contributed by atoms with Crippen LogP contribution >= 0.6 is 0 Å². The van der Waals surface area contributed by atoms with Crippen molar-refractivity contribution in [1.82, 2.24) is 9.97 Å². The number of aromatic nitrogens is 2. The van der Waals surface area contributed by atoms with Crippen molar-refractivity contribution in [2.45, 2.75) is 45.6 Å². The molecule has 1 aliphatic carbocycles. The molecule has 0 unspecified atom stereocenters. The molecule has 0 saturated carbocycles. The summed E-state index contributed by atoms with van der Waals surface area (Å²) < 4.78 is 0. The van der Waals surface area contributed by atoms with Crippen LogP contribution in [0.2, 0.25) is 0 Å². The van der Waals surface area contributed by atoms with Crippen molar-refractivity contribution >= 4 is 11.4 Å². The molecule has 0 bridgehead atoms. The Morgan fingerprint density at radius 3 is 2.41 bits per heavy atom. The lowest BCUT2D eigenvalue weighted by Gasteiger charge is -2.31. The Hall–Kier alpha value is -2.72. The fourth-order valence-corrected chi connectivity index (χ4v) is 3.47. The number of rotatable bonds is 3. The summed E-state index contributed by atoms with van der Waals surface area (Å²) in [6, 6.07) is 12.2. The third kappa shape index (κ3) is 5.64. The zero-order chi connectivity index (χ0) is 20.5. The topological polar surface area (TPSA) is 49.2 Å². The predicted molar refractivity (Wildman–Crippen MR) is 122 cm³/mol. The number of aliphatic hydroxyl groups excluding tert-OH is 1. The third-order valence-electron chi connectivity index (χ3n) is 5.04. The molecule has 2 heterocycles. The van der Waals surface area contributed by atoms with Crippen molar-refractivity contribution in [2.24, 2.45) is 0 Å². The van der Waals surface area contributed by atoms with Gasteiger partial charge in [0.15, 0.2) is 5.82 Å². The summed E-state index contributed by atoms with van der Waals surface area (Å²) in [6.07, 6.45) is 14.2. The van der Waals surface area contributed by atoms with Crippen LogP contribution in [0.3, 0.4) is 0 Å². The van der Waals surface area contributed by atoms with Gasteiger partial charge in [-0.2, -0.15) is 0 Å². The molecule has 152 valence electrons. The maximum atomic E-state index is 9.84. The highest BCUT2D eigenvalue weighted by Crippen LogP contribution is 2.27. The minimum atomic E-state index is -0.195. The SMILES string of the molecule is CC.OC1CCN(c2cc(/C3=C/C/C=C\CC=C3)nc(-c3ccccc3)n2)CC1. The normalized spacial score (nSPS) is 20.0. The molecular weight excluding hydrogens is 358 g/mol. The number of allylic oxidation sites excluding steroid dienone is 6. The first-order chi connectivity index (χ1) is 14.3. The van der Waals surface area contributed by atoms with Gasteiger partial charge >= 0.3 is 0 Å². The number of hydrogen-bond donors (Lipinski definition) is 1. The van der Waals surface area contributed by atoms with Crippen LogP contribution in [0.4, 0.5) is 5.82 Å². The Bertz CT molecular complexity index is 863. The first-order valence-corrected chi connectivity index (χ1v) is 10.7. The predicted octanol–water partition coefficient (Wildman–Crippen LogP) is 5.42. The quantitative estimate of drug-likeness (QED) is 0.712. The molecule has 4 nitrogen and oxygen atoms in total. The molecule has 29 heavy (non-hydrogen) atoms. The second kappa shape index (κ2) is 10.7. The van der Waals surface area contributed by atoms with Crippen LogP contribution in [0.25, 0.3) is 17.0 Å². The number of hydrogen-bond acceptors (Lipinski definition) is 4. The van der Waals surface area contributed by atoms with E-state index in [1.165, 1.54) is 0 Å². The van der Waals surface area contributed by atoms with Gasteiger partial charge in [-0.05, 0) is 31.3 Å². The maximum absolute atomic E-state index is 9.84. The van der Waals surface area contributed by atoms with Gasteiger partial charge in [-0.15, -0.1) is 0 Å². The van der Waals surface area contributed by atoms with Crippen LogP contribution in [0.15, 0.2) is 66.8 Å². The van der Waals surface area contributed by atoms with E-state index in [-0.39, 0.29) is 6.10 Å². The standard InChI is InChI=1S/C23H25N3O.C2H6/c27-20-13-15-26(16-14-20)22-17-21(18-9-5-2-1-3-6-10-18)24-23(25-22)19-11-7-4-8-12-19;1-2/h1-2,4,6-12,17,20,27H,3,5,13-16H2;1-2H3/b2-1-,10-6?,18-9+;. The van der Waals surface area contributed by atoms with Crippen LogP contribution in [0.1, 0.15) is 45.2 Å². The second-order valence-corrected chi connectivity index (χ2v) is 7.02. The summed E-state index contributed by atoms with van der Waals surface area (Å²) in [7, 11) is 0. The zero-order valence-corrected chi connectivity index (χ0v) is 17.5. The first kappa shape index (κ1) is 21.0. The molecule has 1 fully saturated rings. The minimum Gasteiger partial charge on any atom is -0.393 e. The molecule has 0 atom stereocenters. The van der Waals surface area contributed by atoms with Crippen molar-refractivity contribution in [3.63, 3.8) is 0 Å². The maximum Gasteiger partial charge on any atom is 0.162 e. The monoisotopic (exact) mass is 389 g/mol. The Balaban J connectivity index is 0.00000117. The lowest BCUT2D eigenvalue weighted by Crippen LogP contribution is -2.36. The molecule has 1 aliphatic heterocycles. The van der Waals surface area contributed by atoms with Crippen molar-refractivity contribution in [2.75, 3.05) is 18.0 Å². The highest BCUT2D eigenvalue weighted by atomic mass is 16.3. The van der Waals surface area contributed by atoms with Crippen LogP contribution in [-0.2, 0) is 0 Å². The van der Waals surface area contributed by atoms with Gasteiger partial charge in [-0.25, -0.2) is 9.97 Å². The summed E-state index contributed by atoms with van der Waals surface area (Å²) in [6.45, 7) is 5.65. The van der Waals surface area contributed by atoms with Crippen molar-refractivity contribution < 1.29 is 5.11 Å². The Labute approximate surface area is 174 Å². The molecule has 0 amide bonds. The van der Waals surface area contributed by atoms with Gasteiger partial charge in [0, 0.05) is 24.7 Å². The average molecular weight is 390 g/mol. The molecule has 1 N–H and O–H groups in total. The summed E-state index contributed by atoms with van der Waals surface area (Å²) in [5.41, 5.74) is 3.11. The Morgan fingerprint density at radius 2 is 1.66 bits per heavy atom. The molecular formula is C25H31N3O. The minimum absolute atomic E-state index is 0.195. The van der Waals surface area contributed by atoms with Crippen LogP contribution in [-0.4, -0.2) is 34.3 Å². The van der Waals surface area contributed by atoms with Gasteiger partial charge in [0.2, 0.25) is 0 Å². The summed E-state index contributed by atoms with van der Waals surface area (Å²) in [4.78, 5) is 12.0. The van der Waals surface area contributed by atoms with E-state index in [0.29, 0.717) is 0 Å². The number of benzene rings is 1. The molecule has 2 aromatic rings. The van der Waals surface area contributed by atoms with Gasteiger partial charge in [0.1, 0.15) is 5.82 Å². The van der Waals surface area contributed by atoms with Gasteiger partial charge in [-0.3, -0.25) is 0 Å². The number of nitrogens with zero attached hydrogens (tertiary/aromatic N) is 3. The molecule has 4 rings (SSSR count). The zero-order valence-electron chi connectivity index (χ0n) is 17.5. The van der Waals surface area contributed by atoms with E-state index in [2.05, 4.69) is 41.3 Å². The molecule has 2 aliphatic rings. The Kier molecular flexibility index (Phi) is 7.77. The van der Waals surface area contributed by atoms with Crippen LogP contribution in [0.5, 0.6) is 0 Å². The first-order valence-electron chi connectivity index (χ1n) is 10.7. The van der Waals surface area contributed by atoms with Gasteiger partial charge in [0.25, 0.3) is 0 Å². The van der Waals surface area contributed by atoms with Crippen LogP contribution < -0.4 is 4.90 Å². The second-order valence-electron chi connectivity index (χ2n) is 7.02. The number of piperidine rings is 1. The van der Waals surface area contributed by atoms with E-state index >= 15 is 0 Å². The smallest absolute Gasteiger partial charge is 0.162 e. The molecule has 4 heteroatoms. The third-order valence-corrected chi connectivity index (χ3v) is 5.04. The fraction of sp³-hybridized carbons (Fsp3) is 0.360. The van der Waals surface area contributed by atoms with Gasteiger partial charge in [0.05, 0.1) is 11.8 Å². The van der Waals surface area contributed by atoms with Gasteiger partial charge < -0.3 is 10.0 Å². The molecule has 1 aromatic carbocycles. The molecule has 1 aromatic heterocycles. The lowest BCUT2D eigenvalue weighted by molar-refractivity contribution is 0.145. The molecule has 1 saturated heterocycles. The van der Waals surface area contributed by atoms with E-state index in [1.54, 1.807) is 0 Å². The van der Waals surface area contributed by atoms with E-state index in [9.17, 15) is 5.11 Å². The number of anilines is 1. The number of aliphatic hydroxyl groups is 1. The van der Waals surface area contributed by atoms with Crippen molar-refractivity contribution in [3.8, 4) is 11.4 Å².